The van der Waals surface area contributed by atoms with Crippen LogP contribution in [0.4, 0.5) is 5.69 Å². The molecule has 16 heavy (non-hydrogen) atoms. The fourth-order valence-electron chi connectivity index (χ4n) is 1.12. The minimum atomic E-state index is -3.72. The van der Waals surface area contributed by atoms with E-state index < -0.39 is 10.0 Å². The fraction of sp³-hybridized carbons (Fsp3) is 0.222. The third kappa shape index (κ3) is 2.70. The van der Waals surface area contributed by atoms with Crippen molar-refractivity contribution in [3.8, 4) is 6.07 Å². The number of rotatable bonds is 4. The van der Waals surface area contributed by atoms with Crippen molar-refractivity contribution in [2.24, 2.45) is 0 Å². The number of hydrogen-bond donors (Lipinski definition) is 3. The lowest BCUT2D eigenvalue weighted by atomic mass is 10.2. The standard InChI is InChI=1S/C9H11N3O3S/c10-6-7-1-2-9(8(11)5-7)16(14,15)12-3-4-13/h1-2,5,12-13H,3-4,11H2. The van der Waals surface area contributed by atoms with Gasteiger partial charge in [0.15, 0.2) is 0 Å². The molecule has 0 bridgehead atoms. The number of nitrogens with two attached hydrogens (primary N) is 1. The zero-order valence-electron chi connectivity index (χ0n) is 8.34. The summed E-state index contributed by atoms with van der Waals surface area (Å²) in [5, 5.41) is 17.1. The topological polar surface area (TPSA) is 116 Å². The summed E-state index contributed by atoms with van der Waals surface area (Å²) in [5.41, 5.74) is 5.82. The van der Waals surface area contributed by atoms with E-state index in [1.165, 1.54) is 18.2 Å². The molecule has 0 aromatic heterocycles. The average molecular weight is 241 g/mol. The predicted molar refractivity (Wildman–Crippen MR) is 57.8 cm³/mol. The van der Waals surface area contributed by atoms with E-state index >= 15 is 0 Å². The number of nitrogen functional groups attached to an aromatic ring is 1. The van der Waals surface area contributed by atoms with Gasteiger partial charge in [0.25, 0.3) is 0 Å². The highest BCUT2D eigenvalue weighted by Crippen LogP contribution is 2.18. The lowest BCUT2D eigenvalue weighted by Gasteiger charge is -2.07. The summed E-state index contributed by atoms with van der Waals surface area (Å²) < 4.78 is 25.4. The second-order valence-corrected chi connectivity index (χ2v) is 4.72. The van der Waals surface area contributed by atoms with Crippen LogP contribution in [-0.2, 0) is 10.0 Å². The molecule has 0 aliphatic carbocycles. The SMILES string of the molecule is N#Cc1ccc(S(=O)(=O)NCCO)c(N)c1. The molecule has 0 aliphatic heterocycles. The van der Waals surface area contributed by atoms with Gasteiger partial charge in [0, 0.05) is 6.54 Å². The Labute approximate surface area is 93.4 Å². The number of nitrogens with one attached hydrogen (secondary N) is 1. The van der Waals surface area contributed by atoms with Crippen LogP contribution in [0.2, 0.25) is 0 Å². The molecule has 0 aliphatic rings. The third-order valence-corrected chi connectivity index (χ3v) is 3.37. The van der Waals surface area contributed by atoms with Crippen LogP contribution in [0.25, 0.3) is 0 Å². The van der Waals surface area contributed by atoms with E-state index in [4.69, 9.17) is 16.1 Å². The van der Waals surface area contributed by atoms with Crippen LogP contribution in [0.5, 0.6) is 0 Å². The number of nitriles is 1. The number of nitrogens with zero attached hydrogens (tertiary/aromatic N) is 1. The lowest BCUT2D eigenvalue weighted by molar-refractivity contribution is 0.301. The Balaban J connectivity index is 3.10. The maximum atomic E-state index is 11.6. The van der Waals surface area contributed by atoms with Gasteiger partial charge in [0.1, 0.15) is 4.90 Å². The summed E-state index contributed by atoms with van der Waals surface area (Å²) in [6.07, 6.45) is 0. The van der Waals surface area contributed by atoms with Crippen LogP contribution >= 0.6 is 0 Å². The lowest BCUT2D eigenvalue weighted by Crippen LogP contribution is -2.27. The van der Waals surface area contributed by atoms with Crippen LogP contribution in [0.3, 0.4) is 0 Å². The first-order chi connectivity index (χ1) is 7.51. The minimum absolute atomic E-state index is 0.00416. The first-order valence-corrected chi connectivity index (χ1v) is 5.89. The van der Waals surface area contributed by atoms with Crippen LogP contribution in [0.1, 0.15) is 5.56 Å². The van der Waals surface area contributed by atoms with Crippen molar-refractivity contribution in [1.29, 1.82) is 5.26 Å². The van der Waals surface area contributed by atoms with Gasteiger partial charge in [-0.3, -0.25) is 0 Å². The van der Waals surface area contributed by atoms with Crippen molar-refractivity contribution in [3.63, 3.8) is 0 Å². The van der Waals surface area contributed by atoms with E-state index in [0.717, 1.165) is 0 Å². The van der Waals surface area contributed by atoms with Gasteiger partial charge in [-0.05, 0) is 18.2 Å². The maximum Gasteiger partial charge on any atom is 0.242 e. The molecule has 4 N–H and O–H groups in total. The zero-order chi connectivity index (χ0) is 12.2. The molecule has 0 radical (unpaired) electrons. The molecule has 86 valence electrons. The molecule has 1 aromatic rings. The number of hydrogen-bond acceptors (Lipinski definition) is 5. The molecule has 0 atom stereocenters. The summed E-state index contributed by atoms with van der Waals surface area (Å²) >= 11 is 0. The van der Waals surface area contributed by atoms with Gasteiger partial charge < -0.3 is 10.8 Å². The Bertz CT molecular complexity index is 519. The second-order valence-electron chi connectivity index (χ2n) is 2.99. The first-order valence-electron chi connectivity index (χ1n) is 4.41. The van der Waals surface area contributed by atoms with Gasteiger partial charge in [0.05, 0.1) is 23.9 Å². The van der Waals surface area contributed by atoms with Crippen molar-refractivity contribution in [3.05, 3.63) is 23.8 Å². The molecule has 0 saturated heterocycles. The first kappa shape index (κ1) is 12.4. The molecular formula is C9H11N3O3S. The number of benzene rings is 1. The molecule has 1 aromatic carbocycles. The third-order valence-electron chi connectivity index (χ3n) is 1.83. The van der Waals surface area contributed by atoms with E-state index in [2.05, 4.69) is 4.72 Å². The highest BCUT2D eigenvalue weighted by atomic mass is 32.2. The van der Waals surface area contributed by atoms with E-state index in [1.807, 2.05) is 6.07 Å². The van der Waals surface area contributed by atoms with Crippen molar-refractivity contribution in [2.75, 3.05) is 18.9 Å². The molecule has 0 heterocycles. The molecule has 0 unspecified atom stereocenters. The summed E-state index contributed by atoms with van der Waals surface area (Å²) in [4.78, 5) is -0.0973. The number of sulfonamides is 1. The molecule has 0 amide bonds. The van der Waals surface area contributed by atoms with Gasteiger partial charge in [-0.25, -0.2) is 13.1 Å². The smallest absolute Gasteiger partial charge is 0.242 e. The molecule has 7 heteroatoms. The average Bonchev–Trinajstić information content (AvgIpc) is 2.25. The molecule has 0 saturated carbocycles. The summed E-state index contributed by atoms with van der Waals surface area (Å²) in [6, 6.07) is 5.76. The number of aliphatic hydroxyl groups is 1. The summed E-state index contributed by atoms with van der Waals surface area (Å²) in [7, 11) is -3.72. The second kappa shape index (κ2) is 4.94. The Morgan fingerprint density at radius 1 is 1.50 bits per heavy atom. The van der Waals surface area contributed by atoms with Gasteiger partial charge in [-0.1, -0.05) is 0 Å². The normalized spacial score (nSPS) is 11.0. The Morgan fingerprint density at radius 2 is 2.19 bits per heavy atom. The van der Waals surface area contributed by atoms with Crippen LogP contribution < -0.4 is 10.5 Å². The summed E-state index contributed by atoms with van der Waals surface area (Å²) in [6.45, 7) is -0.378. The number of anilines is 1. The molecule has 1 rings (SSSR count). The van der Waals surface area contributed by atoms with Gasteiger partial charge >= 0.3 is 0 Å². The van der Waals surface area contributed by atoms with E-state index in [-0.39, 0.29) is 23.7 Å². The Morgan fingerprint density at radius 3 is 2.69 bits per heavy atom. The number of aliphatic hydroxyl groups excluding tert-OH is 1. The highest BCUT2D eigenvalue weighted by molar-refractivity contribution is 7.89. The summed E-state index contributed by atoms with van der Waals surface area (Å²) in [5.74, 6) is 0. The van der Waals surface area contributed by atoms with E-state index in [1.54, 1.807) is 0 Å². The fourth-order valence-corrected chi connectivity index (χ4v) is 2.25. The van der Waals surface area contributed by atoms with Crippen molar-refractivity contribution in [2.45, 2.75) is 4.90 Å². The van der Waals surface area contributed by atoms with Gasteiger partial charge in [-0.15, -0.1) is 0 Å². The molecular weight excluding hydrogens is 230 g/mol. The Hall–Kier alpha value is -1.62. The predicted octanol–water partition coefficient (Wildman–Crippen LogP) is -0.589. The van der Waals surface area contributed by atoms with E-state index in [0.29, 0.717) is 5.56 Å². The molecule has 6 nitrogen and oxygen atoms in total. The molecule has 0 fully saturated rings. The van der Waals surface area contributed by atoms with Gasteiger partial charge in [0.2, 0.25) is 10.0 Å². The van der Waals surface area contributed by atoms with Gasteiger partial charge in [-0.2, -0.15) is 5.26 Å². The highest BCUT2D eigenvalue weighted by Gasteiger charge is 2.16. The zero-order valence-corrected chi connectivity index (χ0v) is 9.16. The molecule has 0 spiro atoms. The monoisotopic (exact) mass is 241 g/mol. The van der Waals surface area contributed by atoms with Crippen LogP contribution in [0, 0.1) is 11.3 Å². The minimum Gasteiger partial charge on any atom is -0.398 e. The van der Waals surface area contributed by atoms with Crippen molar-refractivity contribution < 1.29 is 13.5 Å². The van der Waals surface area contributed by atoms with Crippen molar-refractivity contribution >= 4 is 15.7 Å². The quantitative estimate of drug-likeness (QED) is 0.609. The van der Waals surface area contributed by atoms with Crippen LogP contribution in [0.15, 0.2) is 23.1 Å². The maximum absolute atomic E-state index is 11.6. The van der Waals surface area contributed by atoms with Crippen molar-refractivity contribution in [1.82, 2.24) is 4.72 Å². The van der Waals surface area contributed by atoms with Crippen LogP contribution in [-0.4, -0.2) is 26.7 Å². The van der Waals surface area contributed by atoms with E-state index in [9.17, 15) is 8.42 Å². The Kier molecular flexibility index (Phi) is 3.84. The largest absolute Gasteiger partial charge is 0.398 e.